The maximum absolute atomic E-state index is 6.09. The first kappa shape index (κ1) is 19.2. The molecule has 0 atom stereocenters. The summed E-state index contributed by atoms with van der Waals surface area (Å²) in [5, 5.41) is 0.285. The van der Waals surface area contributed by atoms with Gasteiger partial charge in [-0.1, -0.05) is 44.8 Å². The molecule has 0 N–H and O–H groups in total. The zero-order chi connectivity index (χ0) is 15.5. The van der Waals surface area contributed by atoms with Crippen molar-refractivity contribution in [1.82, 2.24) is 0 Å². The summed E-state index contributed by atoms with van der Waals surface area (Å²) in [6, 6.07) is 0. The highest BCUT2D eigenvalue weighted by molar-refractivity contribution is 6.74. The highest BCUT2D eigenvalue weighted by Gasteiger charge is 2.36. The lowest BCUT2D eigenvalue weighted by Crippen LogP contribution is -2.40. The molecule has 0 saturated heterocycles. The number of allylic oxidation sites excluding steroid dienone is 1. The Morgan fingerprint density at radius 2 is 1.90 bits per heavy atom. The number of hydrogen-bond acceptors (Lipinski definition) is 2. The molecule has 0 unspecified atom stereocenters. The van der Waals surface area contributed by atoms with Crippen LogP contribution in [-0.2, 0) is 9.16 Å². The lowest BCUT2D eigenvalue weighted by Gasteiger charge is -2.36. The summed E-state index contributed by atoms with van der Waals surface area (Å²) in [5.74, 6) is 6.13. The quantitative estimate of drug-likeness (QED) is 0.283. The first-order chi connectivity index (χ1) is 9.31. The van der Waals surface area contributed by atoms with Crippen molar-refractivity contribution in [3.05, 3.63) is 24.8 Å². The van der Waals surface area contributed by atoms with Crippen LogP contribution < -0.4 is 0 Å². The summed E-state index contributed by atoms with van der Waals surface area (Å²) in [5.41, 5.74) is 0. The van der Waals surface area contributed by atoms with E-state index in [2.05, 4.69) is 52.3 Å². The predicted octanol–water partition coefficient (Wildman–Crippen LogP) is 4.55. The van der Waals surface area contributed by atoms with Crippen LogP contribution >= 0.6 is 0 Å². The summed E-state index contributed by atoms with van der Waals surface area (Å²) in [6.07, 6.45) is 7.38. The second-order valence-corrected chi connectivity index (χ2v) is 11.1. The second kappa shape index (κ2) is 9.98. The zero-order valence-corrected chi connectivity index (χ0v) is 14.8. The van der Waals surface area contributed by atoms with Gasteiger partial charge < -0.3 is 9.16 Å². The van der Waals surface area contributed by atoms with Crippen LogP contribution in [0, 0.1) is 11.8 Å². The van der Waals surface area contributed by atoms with Gasteiger partial charge >= 0.3 is 0 Å². The molecule has 20 heavy (non-hydrogen) atoms. The Balaban J connectivity index is 3.70. The number of ether oxygens (including phenoxy) is 1. The Morgan fingerprint density at radius 1 is 1.20 bits per heavy atom. The van der Waals surface area contributed by atoms with Gasteiger partial charge in [-0.3, -0.25) is 0 Å². The molecule has 0 radical (unpaired) electrons. The normalized spacial score (nSPS) is 12.2. The molecule has 0 aromatic heterocycles. The van der Waals surface area contributed by atoms with Gasteiger partial charge in [0.05, 0.1) is 13.2 Å². The summed E-state index contributed by atoms with van der Waals surface area (Å²) in [4.78, 5) is 0. The van der Waals surface area contributed by atoms with Crippen LogP contribution in [-0.4, -0.2) is 28.1 Å². The number of hydrogen-bond donors (Lipinski definition) is 0. The summed E-state index contributed by atoms with van der Waals surface area (Å²) in [7, 11) is -1.59. The molecule has 0 aliphatic heterocycles. The van der Waals surface area contributed by atoms with Crippen LogP contribution in [0.15, 0.2) is 24.8 Å². The maximum Gasteiger partial charge on any atom is 0.191 e. The molecule has 2 nitrogen and oxygen atoms in total. The maximum atomic E-state index is 6.09. The smallest absolute Gasteiger partial charge is 0.191 e. The fourth-order valence-electron chi connectivity index (χ4n) is 1.16. The Labute approximate surface area is 126 Å². The minimum absolute atomic E-state index is 0.285. The first-order valence-corrected chi connectivity index (χ1v) is 10.2. The molecule has 0 spiro atoms. The molecule has 114 valence electrons. The SMILES string of the molecule is C=CCOC/C=C/C#CCCCO[Si](C)(C)C(C)(C)C. The molecule has 0 aliphatic rings. The topological polar surface area (TPSA) is 18.5 Å². The standard InChI is InChI=1S/C17H30O2Si/c1-7-14-18-15-12-10-8-9-11-13-16-19-20(5,6)17(2,3)4/h7,10,12H,1,11,13-16H2,2-6H3/b12-10+. The highest BCUT2D eigenvalue weighted by Crippen LogP contribution is 2.36. The summed E-state index contributed by atoms with van der Waals surface area (Å²) < 4.78 is 11.3. The van der Waals surface area contributed by atoms with Crippen LogP contribution in [0.4, 0.5) is 0 Å². The van der Waals surface area contributed by atoms with E-state index in [1.165, 1.54) is 0 Å². The van der Waals surface area contributed by atoms with Gasteiger partial charge in [-0.25, -0.2) is 0 Å². The minimum Gasteiger partial charge on any atom is -0.417 e. The van der Waals surface area contributed by atoms with Crippen molar-refractivity contribution in [2.75, 3.05) is 19.8 Å². The van der Waals surface area contributed by atoms with Gasteiger partial charge in [0.2, 0.25) is 0 Å². The van der Waals surface area contributed by atoms with Crippen molar-refractivity contribution < 1.29 is 9.16 Å². The molecule has 3 heteroatoms. The fraction of sp³-hybridized carbons (Fsp3) is 0.647. The summed E-state index contributed by atoms with van der Waals surface area (Å²) >= 11 is 0. The average molecular weight is 295 g/mol. The van der Waals surface area contributed by atoms with E-state index in [4.69, 9.17) is 9.16 Å². The van der Waals surface area contributed by atoms with Gasteiger partial charge in [0.1, 0.15) is 0 Å². The lowest BCUT2D eigenvalue weighted by molar-refractivity contribution is 0.194. The van der Waals surface area contributed by atoms with E-state index in [0.717, 1.165) is 19.4 Å². The highest BCUT2D eigenvalue weighted by atomic mass is 28.4. The van der Waals surface area contributed by atoms with Crippen molar-refractivity contribution in [2.24, 2.45) is 0 Å². The van der Waals surface area contributed by atoms with Crippen molar-refractivity contribution in [1.29, 1.82) is 0 Å². The Morgan fingerprint density at radius 3 is 2.50 bits per heavy atom. The van der Waals surface area contributed by atoms with Crippen LogP contribution in [0.5, 0.6) is 0 Å². The molecule has 0 aromatic rings. The zero-order valence-electron chi connectivity index (χ0n) is 13.8. The molecule has 0 rings (SSSR count). The average Bonchev–Trinajstić information content (AvgIpc) is 2.34. The monoisotopic (exact) mass is 294 g/mol. The number of rotatable bonds is 8. The molecule has 0 aliphatic carbocycles. The lowest BCUT2D eigenvalue weighted by atomic mass is 10.2. The fourth-order valence-corrected chi connectivity index (χ4v) is 2.25. The molecular weight excluding hydrogens is 264 g/mol. The molecular formula is C17H30O2Si. The van der Waals surface area contributed by atoms with Crippen molar-refractivity contribution >= 4 is 8.32 Å². The predicted molar refractivity (Wildman–Crippen MR) is 90.3 cm³/mol. The van der Waals surface area contributed by atoms with Crippen LogP contribution in [0.3, 0.4) is 0 Å². The van der Waals surface area contributed by atoms with Crippen molar-refractivity contribution in [3.63, 3.8) is 0 Å². The molecule has 0 aromatic carbocycles. The van der Waals surface area contributed by atoms with Crippen LogP contribution in [0.25, 0.3) is 0 Å². The minimum atomic E-state index is -1.59. The molecule has 0 heterocycles. The molecule has 0 bridgehead atoms. The van der Waals surface area contributed by atoms with E-state index in [1.54, 1.807) is 6.08 Å². The van der Waals surface area contributed by atoms with Gasteiger partial charge in [-0.15, -0.1) is 6.58 Å². The Bertz CT molecular complexity index is 353. The van der Waals surface area contributed by atoms with Gasteiger partial charge in [0.25, 0.3) is 0 Å². The third-order valence-corrected chi connectivity index (χ3v) is 8.01. The van der Waals surface area contributed by atoms with E-state index in [9.17, 15) is 0 Å². The Hall–Kier alpha value is -0.823. The van der Waals surface area contributed by atoms with Crippen molar-refractivity contribution in [2.45, 2.75) is 51.7 Å². The Kier molecular flexibility index (Phi) is 9.57. The first-order valence-electron chi connectivity index (χ1n) is 7.27. The van der Waals surface area contributed by atoms with E-state index in [0.29, 0.717) is 13.2 Å². The largest absolute Gasteiger partial charge is 0.417 e. The van der Waals surface area contributed by atoms with E-state index in [-0.39, 0.29) is 5.04 Å². The van der Waals surface area contributed by atoms with E-state index in [1.807, 2.05) is 12.2 Å². The van der Waals surface area contributed by atoms with Gasteiger partial charge in [-0.05, 0) is 30.6 Å². The second-order valence-electron chi connectivity index (χ2n) is 6.26. The summed E-state index contributed by atoms with van der Waals surface area (Å²) in [6.45, 7) is 16.9. The van der Waals surface area contributed by atoms with Crippen molar-refractivity contribution in [3.8, 4) is 11.8 Å². The third-order valence-electron chi connectivity index (χ3n) is 3.47. The molecule has 0 fully saturated rings. The van der Waals surface area contributed by atoms with Gasteiger partial charge in [-0.2, -0.15) is 0 Å². The van der Waals surface area contributed by atoms with Gasteiger partial charge in [0, 0.05) is 13.0 Å². The van der Waals surface area contributed by atoms with E-state index >= 15 is 0 Å². The number of unbranched alkanes of at least 4 members (excludes halogenated alkanes) is 1. The van der Waals surface area contributed by atoms with Crippen LogP contribution in [0.1, 0.15) is 33.6 Å². The molecule has 0 saturated carbocycles. The van der Waals surface area contributed by atoms with E-state index < -0.39 is 8.32 Å². The van der Waals surface area contributed by atoms with Crippen LogP contribution in [0.2, 0.25) is 18.1 Å². The third kappa shape index (κ3) is 9.14. The van der Waals surface area contributed by atoms with Gasteiger partial charge in [0.15, 0.2) is 8.32 Å². The molecule has 0 amide bonds.